The van der Waals surface area contributed by atoms with Crippen molar-refractivity contribution >= 4 is 22.5 Å². The molecule has 3 aromatic rings. The van der Waals surface area contributed by atoms with Crippen molar-refractivity contribution in [3.05, 3.63) is 59.8 Å². The van der Waals surface area contributed by atoms with Gasteiger partial charge < -0.3 is 19.1 Å². The highest BCUT2D eigenvalue weighted by Gasteiger charge is 2.28. The first-order chi connectivity index (χ1) is 13.1. The molecule has 1 amide bonds. The van der Waals surface area contributed by atoms with Gasteiger partial charge in [0, 0.05) is 23.7 Å². The number of ether oxygens (including phenoxy) is 1. The number of rotatable bonds is 5. The van der Waals surface area contributed by atoms with Crippen LogP contribution < -0.4 is 9.64 Å². The van der Waals surface area contributed by atoms with Crippen LogP contribution in [0.5, 0.6) is 5.75 Å². The Kier molecular flexibility index (Phi) is 4.62. The molecular formula is C22H25N3O2. The highest BCUT2D eigenvalue weighted by molar-refractivity contribution is 6.09. The molecule has 5 nitrogen and oxygen atoms in total. The molecule has 0 radical (unpaired) electrons. The zero-order valence-corrected chi connectivity index (χ0v) is 16.1. The number of hydrogen-bond donors (Lipinski definition) is 0. The fourth-order valence-corrected chi connectivity index (χ4v) is 3.80. The van der Waals surface area contributed by atoms with Crippen LogP contribution in [0, 0.1) is 0 Å². The standard InChI is InChI=1S/C22H25N3O2/c1-23(2)11-6-12-24-19-8-5-4-7-17(19)15-25-20-14-18(27-3)10-9-16(20)13-21(25)22(24)26/h4-5,7-10,13-14H,6,11-12,15H2,1-3H3. The number of carbonyl (C=O) groups excluding carboxylic acids is 1. The van der Waals surface area contributed by atoms with Gasteiger partial charge in [-0.25, -0.2) is 0 Å². The SMILES string of the molecule is COc1ccc2cc3n(c2c1)Cc1ccccc1N(CCCN(C)C)C3=O. The summed E-state index contributed by atoms with van der Waals surface area (Å²) in [4.78, 5) is 17.5. The Morgan fingerprint density at radius 2 is 1.93 bits per heavy atom. The van der Waals surface area contributed by atoms with Gasteiger partial charge in [-0.3, -0.25) is 4.79 Å². The molecule has 27 heavy (non-hydrogen) atoms. The van der Waals surface area contributed by atoms with Gasteiger partial charge in [0.2, 0.25) is 0 Å². The molecule has 0 bridgehead atoms. The lowest BCUT2D eigenvalue weighted by Gasteiger charge is -2.23. The van der Waals surface area contributed by atoms with Crippen molar-refractivity contribution in [3.63, 3.8) is 0 Å². The van der Waals surface area contributed by atoms with Crippen LogP contribution >= 0.6 is 0 Å². The van der Waals surface area contributed by atoms with Crippen LogP contribution in [0.15, 0.2) is 48.5 Å². The predicted octanol–water partition coefficient (Wildman–Crippen LogP) is 3.61. The van der Waals surface area contributed by atoms with Gasteiger partial charge in [-0.2, -0.15) is 0 Å². The third-order valence-electron chi connectivity index (χ3n) is 5.17. The maximum Gasteiger partial charge on any atom is 0.274 e. The smallest absolute Gasteiger partial charge is 0.274 e. The molecule has 1 aliphatic rings. The van der Waals surface area contributed by atoms with E-state index in [1.54, 1.807) is 7.11 Å². The van der Waals surface area contributed by atoms with Gasteiger partial charge in [-0.15, -0.1) is 0 Å². The summed E-state index contributed by atoms with van der Waals surface area (Å²) in [5.74, 6) is 0.866. The summed E-state index contributed by atoms with van der Waals surface area (Å²) in [5, 5.41) is 1.06. The molecular weight excluding hydrogens is 338 g/mol. The fraction of sp³-hybridized carbons (Fsp3) is 0.318. The number of para-hydroxylation sites is 1. The number of nitrogens with zero attached hydrogens (tertiary/aromatic N) is 3. The van der Waals surface area contributed by atoms with Crippen molar-refractivity contribution in [1.82, 2.24) is 9.47 Å². The first-order valence-electron chi connectivity index (χ1n) is 9.30. The molecule has 0 unspecified atom stereocenters. The highest BCUT2D eigenvalue weighted by atomic mass is 16.5. The van der Waals surface area contributed by atoms with E-state index in [-0.39, 0.29) is 5.91 Å². The number of carbonyl (C=O) groups is 1. The molecule has 2 heterocycles. The number of amides is 1. The molecule has 0 atom stereocenters. The van der Waals surface area contributed by atoms with Crippen molar-refractivity contribution in [2.24, 2.45) is 0 Å². The van der Waals surface area contributed by atoms with Crippen LogP contribution in [0.2, 0.25) is 0 Å². The van der Waals surface area contributed by atoms with Gasteiger partial charge in [0.05, 0.1) is 19.2 Å². The number of hydrogen-bond acceptors (Lipinski definition) is 3. The molecule has 2 aromatic carbocycles. The van der Waals surface area contributed by atoms with Gasteiger partial charge in [-0.1, -0.05) is 18.2 Å². The summed E-state index contributed by atoms with van der Waals surface area (Å²) in [7, 11) is 5.79. The maximum absolute atomic E-state index is 13.5. The summed E-state index contributed by atoms with van der Waals surface area (Å²) in [5.41, 5.74) is 3.94. The van der Waals surface area contributed by atoms with Gasteiger partial charge in [0.15, 0.2) is 0 Å². The summed E-state index contributed by atoms with van der Waals surface area (Å²) >= 11 is 0. The van der Waals surface area contributed by atoms with E-state index in [1.807, 2.05) is 41.3 Å². The minimum atomic E-state index is 0.0638. The second-order valence-electron chi connectivity index (χ2n) is 7.28. The number of anilines is 1. The van der Waals surface area contributed by atoms with Gasteiger partial charge in [0.25, 0.3) is 5.91 Å². The van der Waals surface area contributed by atoms with Crippen LogP contribution in [0.3, 0.4) is 0 Å². The summed E-state index contributed by atoms with van der Waals surface area (Å²) in [6.07, 6.45) is 0.932. The fourth-order valence-electron chi connectivity index (χ4n) is 3.80. The topological polar surface area (TPSA) is 37.7 Å². The Balaban J connectivity index is 1.81. The van der Waals surface area contributed by atoms with Crippen molar-refractivity contribution in [1.29, 1.82) is 0 Å². The molecule has 0 saturated carbocycles. The Morgan fingerprint density at radius 1 is 1.11 bits per heavy atom. The van der Waals surface area contributed by atoms with Crippen LogP contribution in [-0.4, -0.2) is 49.7 Å². The highest BCUT2D eigenvalue weighted by Crippen LogP contribution is 2.32. The van der Waals surface area contributed by atoms with E-state index in [9.17, 15) is 4.79 Å². The Labute approximate surface area is 159 Å². The van der Waals surface area contributed by atoms with Gasteiger partial charge >= 0.3 is 0 Å². The minimum Gasteiger partial charge on any atom is -0.497 e. The first kappa shape index (κ1) is 17.6. The molecule has 0 aliphatic carbocycles. The minimum absolute atomic E-state index is 0.0638. The molecule has 1 aliphatic heterocycles. The molecule has 4 rings (SSSR count). The van der Waals surface area contributed by atoms with E-state index >= 15 is 0 Å². The molecule has 0 spiro atoms. The summed E-state index contributed by atoms with van der Waals surface area (Å²) in [6, 6.07) is 16.2. The van der Waals surface area contributed by atoms with E-state index < -0.39 is 0 Å². The zero-order valence-electron chi connectivity index (χ0n) is 16.1. The van der Waals surface area contributed by atoms with E-state index in [0.717, 1.165) is 46.6 Å². The Hall–Kier alpha value is -2.79. The largest absolute Gasteiger partial charge is 0.497 e. The average Bonchev–Trinajstić information content (AvgIpc) is 2.97. The van der Waals surface area contributed by atoms with E-state index in [2.05, 4.69) is 35.7 Å². The van der Waals surface area contributed by atoms with Crippen LogP contribution in [0.4, 0.5) is 5.69 Å². The summed E-state index contributed by atoms with van der Waals surface area (Å²) < 4.78 is 7.51. The van der Waals surface area contributed by atoms with Crippen LogP contribution in [0.1, 0.15) is 22.5 Å². The molecule has 0 fully saturated rings. The molecule has 0 saturated heterocycles. The lowest BCUT2D eigenvalue weighted by molar-refractivity contribution is 0.0980. The van der Waals surface area contributed by atoms with E-state index in [0.29, 0.717) is 13.1 Å². The number of aromatic nitrogens is 1. The number of benzene rings is 2. The third kappa shape index (κ3) is 3.19. The van der Waals surface area contributed by atoms with E-state index in [4.69, 9.17) is 4.74 Å². The Bertz CT molecular complexity index is 990. The predicted molar refractivity (Wildman–Crippen MR) is 109 cm³/mol. The zero-order chi connectivity index (χ0) is 19.0. The lowest BCUT2D eigenvalue weighted by atomic mass is 10.1. The molecule has 1 aromatic heterocycles. The maximum atomic E-state index is 13.5. The van der Waals surface area contributed by atoms with Crippen LogP contribution in [0.25, 0.3) is 10.9 Å². The average molecular weight is 363 g/mol. The number of fused-ring (bicyclic) bond motifs is 4. The molecule has 140 valence electrons. The molecule has 0 N–H and O–H groups in total. The van der Waals surface area contributed by atoms with Crippen LogP contribution in [-0.2, 0) is 6.54 Å². The van der Waals surface area contributed by atoms with E-state index in [1.165, 1.54) is 0 Å². The quantitative estimate of drug-likeness (QED) is 0.695. The second kappa shape index (κ2) is 7.08. The van der Waals surface area contributed by atoms with Crippen molar-refractivity contribution in [2.75, 3.05) is 39.2 Å². The molecule has 5 heteroatoms. The Morgan fingerprint density at radius 3 is 2.70 bits per heavy atom. The van der Waals surface area contributed by atoms with Crippen molar-refractivity contribution in [3.8, 4) is 5.75 Å². The van der Waals surface area contributed by atoms with Crippen molar-refractivity contribution in [2.45, 2.75) is 13.0 Å². The second-order valence-corrected chi connectivity index (χ2v) is 7.28. The number of methoxy groups -OCH3 is 1. The monoisotopic (exact) mass is 363 g/mol. The third-order valence-corrected chi connectivity index (χ3v) is 5.17. The van der Waals surface area contributed by atoms with Gasteiger partial charge in [0.1, 0.15) is 11.4 Å². The summed E-state index contributed by atoms with van der Waals surface area (Å²) in [6.45, 7) is 2.34. The normalized spacial score (nSPS) is 13.6. The van der Waals surface area contributed by atoms with Gasteiger partial charge in [-0.05, 0) is 56.9 Å². The lowest BCUT2D eigenvalue weighted by Crippen LogP contribution is -2.33. The van der Waals surface area contributed by atoms with Crippen molar-refractivity contribution < 1.29 is 9.53 Å². The first-order valence-corrected chi connectivity index (χ1v) is 9.30.